The number of hydrogen-bond donors (Lipinski definition) is 1. The second kappa shape index (κ2) is 4.79. The predicted octanol–water partition coefficient (Wildman–Crippen LogP) is 4.62. The molecule has 2 nitrogen and oxygen atoms in total. The Morgan fingerprint density at radius 2 is 1.87 bits per heavy atom. The van der Waals surface area contributed by atoms with Crippen molar-refractivity contribution >= 4 is 34.2 Å². The Kier molecular flexibility index (Phi) is 3.15. The quantitative estimate of drug-likeness (QED) is 0.705. The lowest BCUT2D eigenvalue weighted by Crippen LogP contribution is -2.33. The van der Waals surface area contributed by atoms with E-state index < -0.39 is 5.41 Å². The van der Waals surface area contributed by atoms with Crippen molar-refractivity contribution in [3.05, 3.63) is 63.0 Å². The topological polar surface area (TPSA) is 29.1 Å². The first-order valence-corrected chi connectivity index (χ1v) is 8.87. The van der Waals surface area contributed by atoms with E-state index in [0.29, 0.717) is 0 Å². The monoisotopic (exact) mass is 421 g/mol. The zero-order chi connectivity index (χ0) is 16.4. The van der Waals surface area contributed by atoms with E-state index in [9.17, 15) is 9.18 Å². The molecular formula is C19H17FINO. The van der Waals surface area contributed by atoms with Crippen molar-refractivity contribution in [1.29, 1.82) is 0 Å². The third-order valence-corrected chi connectivity index (χ3v) is 6.32. The first-order chi connectivity index (χ1) is 10.9. The summed E-state index contributed by atoms with van der Waals surface area (Å²) >= 11 is 2.28. The highest BCUT2D eigenvalue weighted by atomic mass is 127. The van der Waals surface area contributed by atoms with Gasteiger partial charge in [0, 0.05) is 14.7 Å². The van der Waals surface area contributed by atoms with Crippen molar-refractivity contribution in [2.75, 3.05) is 5.32 Å². The van der Waals surface area contributed by atoms with E-state index in [1.165, 1.54) is 21.3 Å². The van der Waals surface area contributed by atoms with Crippen molar-refractivity contribution in [3.63, 3.8) is 0 Å². The standard InChI is InChI=1S/C19H17FINO/c1-11(2)18(12-3-6-14(21)7-4-12)10-19(18)15-9-13(20)5-8-16(15)22-17(19)23/h3-9,11H,10H2,1-2H3,(H,22,23)/t18-,19-/m1/s1. The lowest BCUT2D eigenvalue weighted by atomic mass is 9.75. The summed E-state index contributed by atoms with van der Waals surface area (Å²) in [4.78, 5) is 12.9. The highest BCUT2D eigenvalue weighted by Gasteiger charge is 2.76. The minimum absolute atomic E-state index is 0.00495. The Labute approximate surface area is 148 Å². The predicted molar refractivity (Wildman–Crippen MR) is 97.0 cm³/mol. The number of hydrogen-bond acceptors (Lipinski definition) is 1. The fraction of sp³-hybridized carbons (Fsp3) is 0.316. The van der Waals surface area contributed by atoms with Crippen LogP contribution in [0.15, 0.2) is 42.5 Å². The van der Waals surface area contributed by atoms with E-state index in [1.807, 2.05) is 0 Å². The van der Waals surface area contributed by atoms with Crippen molar-refractivity contribution in [2.45, 2.75) is 31.1 Å². The zero-order valence-electron chi connectivity index (χ0n) is 13.0. The van der Waals surface area contributed by atoms with E-state index in [2.05, 4.69) is 66.0 Å². The van der Waals surface area contributed by atoms with Crippen LogP contribution in [0.4, 0.5) is 10.1 Å². The summed E-state index contributed by atoms with van der Waals surface area (Å²) in [5, 5.41) is 2.96. The molecule has 1 heterocycles. The number of carbonyl (C=O) groups is 1. The van der Waals surface area contributed by atoms with Gasteiger partial charge in [0.2, 0.25) is 5.91 Å². The molecule has 23 heavy (non-hydrogen) atoms. The van der Waals surface area contributed by atoms with Crippen LogP contribution in [0.3, 0.4) is 0 Å². The molecule has 1 aliphatic heterocycles. The van der Waals surface area contributed by atoms with Gasteiger partial charge in [-0.1, -0.05) is 26.0 Å². The Hall–Kier alpha value is -1.43. The number of anilines is 1. The molecule has 2 aliphatic rings. The molecule has 118 valence electrons. The van der Waals surface area contributed by atoms with Crippen LogP contribution in [0.1, 0.15) is 31.4 Å². The maximum atomic E-state index is 13.8. The average molecular weight is 421 g/mol. The van der Waals surface area contributed by atoms with Gasteiger partial charge in [-0.3, -0.25) is 4.79 Å². The number of rotatable bonds is 2. The molecule has 1 amide bonds. The molecule has 1 fully saturated rings. The lowest BCUT2D eigenvalue weighted by Gasteiger charge is -2.26. The Morgan fingerprint density at radius 3 is 2.52 bits per heavy atom. The number of fused-ring (bicyclic) bond motifs is 2. The van der Waals surface area contributed by atoms with Gasteiger partial charge in [-0.15, -0.1) is 0 Å². The molecule has 2 atom stereocenters. The van der Waals surface area contributed by atoms with E-state index >= 15 is 0 Å². The van der Waals surface area contributed by atoms with Crippen LogP contribution in [0.25, 0.3) is 0 Å². The van der Waals surface area contributed by atoms with Crippen LogP contribution in [0.2, 0.25) is 0 Å². The molecular weight excluding hydrogens is 404 g/mol. The minimum atomic E-state index is -0.634. The molecule has 0 radical (unpaired) electrons. The minimum Gasteiger partial charge on any atom is -0.325 e. The van der Waals surface area contributed by atoms with Gasteiger partial charge in [-0.2, -0.15) is 0 Å². The molecule has 4 rings (SSSR count). The molecule has 1 spiro atoms. The Balaban J connectivity index is 1.92. The van der Waals surface area contributed by atoms with Gasteiger partial charge in [-0.05, 0) is 76.4 Å². The molecule has 1 saturated carbocycles. The first kappa shape index (κ1) is 15.1. The zero-order valence-corrected chi connectivity index (χ0v) is 15.1. The van der Waals surface area contributed by atoms with Crippen molar-refractivity contribution in [1.82, 2.24) is 0 Å². The Bertz CT molecular complexity index is 817. The average Bonchev–Trinajstić information content (AvgIpc) is 3.15. The number of carbonyl (C=O) groups excluding carboxylic acids is 1. The van der Waals surface area contributed by atoms with Gasteiger partial charge in [0.05, 0.1) is 5.41 Å². The highest BCUT2D eigenvalue weighted by Crippen LogP contribution is 2.72. The van der Waals surface area contributed by atoms with Crippen LogP contribution in [-0.2, 0) is 15.6 Å². The normalized spacial score (nSPS) is 28.1. The van der Waals surface area contributed by atoms with Gasteiger partial charge in [0.15, 0.2) is 0 Å². The highest BCUT2D eigenvalue weighted by molar-refractivity contribution is 14.1. The number of halogens is 2. The van der Waals surface area contributed by atoms with Crippen LogP contribution in [-0.4, -0.2) is 5.91 Å². The van der Waals surface area contributed by atoms with Gasteiger partial charge < -0.3 is 5.32 Å². The lowest BCUT2D eigenvalue weighted by molar-refractivity contribution is -0.118. The van der Waals surface area contributed by atoms with E-state index in [1.54, 1.807) is 6.07 Å². The Morgan fingerprint density at radius 1 is 1.17 bits per heavy atom. The fourth-order valence-electron chi connectivity index (χ4n) is 4.45. The molecule has 0 saturated heterocycles. The van der Waals surface area contributed by atoms with Crippen LogP contribution in [0, 0.1) is 15.3 Å². The van der Waals surface area contributed by atoms with E-state index in [0.717, 1.165) is 17.7 Å². The van der Waals surface area contributed by atoms with Crippen LogP contribution < -0.4 is 5.32 Å². The third-order valence-electron chi connectivity index (χ3n) is 5.60. The maximum absolute atomic E-state index is 13.8. The van der Waals surface area contributed by atoms with Crippen molar-refractivity contribution in [2.24, 2.45) is 5.92 Å². The van der Waals surface area contributed by atoms with E-state index in [-0.39, 0.29) is 23.1 Å². The molecule has 2 aromatic carbocycles. The summed E-state index contributed by atoms with van der Waals surface area (Å²) in [7, 11) is 0. The SMILES string of the molecule is CC(C)[C@@]1(c2ccc(I)cc2)C[C@@]12C(=O)Nc1ccc(F)cc12. The van der Waals surface area contributed by atoms with Gasteiger partial charge in [0.25, 0.3) is 0 Å². The smallest absolute Gasteiger partial charge is 0.236 e. The molecule has 0 bridgehead atoms. The summed E-state index contributed by atoms with van der Waals surface area (Å²) in [6, 6.07) is 13.0. The first-order valence-electron chi connectivity index (χ1n) is 7.79. The number of nitrogens with one attached hydrogen (secondary N) is 1. The third kappa shape index (κ3) is 1.81. The summed E-state index contributed by atoms with van der Waals surface area (Å²) in [6.07, 6.45) is 0.737. The van der Waals surface area contributed by atoms with Crippen molar-refractivity contribution < 1.29 is 9.18 Å². The second-order valence-electron chi connectivity index (χ2n) is 6.86. The summed E-state index contributed by atoms with van der Waals surface area (Å²) in [5.41, 5.74) is 1.84. The number of amides is 1. The molecule has 0 aromatic heterocycles. The van der Waals surface area contributed by atoms with Crippen LogP contribution in [0.5, 0.6) is 0 Å². The van der Waals surface area contributed by atoms with Gasteiger partial charge >= 0.3 is 0 Å². The molecule has 4 heteroatoms. The second-order valence-corrected chi connectivity index (χ2v) is 8.10. The fourth-order valence-corrected chi connectivity index (χ4v) is 4.81. The maximum Gasteiger partial charge on any atom is 0.236 e. The summed E-state index contributed by atoms with van der Waals surface area (Å²) < 4.78 is 15.0. The van der Waals surface area contributed by atoms with Crippen molar-refractivity contribution in [3.8, 4) is 0 Å². The van der Waals surface area contributed by atoms with Gasteiger partial charge in [0.1, 0.15) is 5.82 Å². The molecule has 1 aliphatic carbocycles. The number of benzene rings is 2. The summed E-state index contributed by atoms with van der Waals surface area (Å²) in [5.74, 6) is -0.000306. The molecule has 2 aromatic rings. The molecule has 0 unspecified atom stereocenters. The van der Waals surface area contributed by atoms with Crippen LogP contribution >= 0.6 is 22.6 Å². The summed E-state index contributed by atoms with van der Waals surface area (Å²) in [6.45, 7) is 4.30. The molecule has 1 N–H and O–H groups in total. The largest absolute Gasteiger partial charge is 0.325 e. The van der Waals surface area contributed by atoms with E-state index in [4.69, 9.17) is 0 Å². The van der Waals surface area contributed by atoms with Gasteiger partial charge in [-0.25, -0.2) is 4.39 Å².